The maximum atomic E-state index is 14.0. The summed E-state index contributed by atoms with van der Waals surface area (Å²) in [6.07, 6.45) is 5.00. The number of halogens is 2. The van der Waals surface area contributed by atoms with Gasteiger partial charge in [0.2, 0.25) is 0 Å². The summed E-state index contributed by atoms with van der Waals surface area (Å²) in [4.78, 5) is 23.4. The molecular formula is C24H29F2NO5. The van der Waals surface area contributed by atoms with Gasteiger partial charge in [0, 0.05) is 7.11 Å². The van der Waals surface area contributed by atoms with Gasteiger partial charge in [0.15, 0.2) is 0 Å². The fourth-order valence-corrected chi connectivity index (χ4v) is 3.43. The molecular weight excluding hydrogens is 420 g/mol. The van der Waals surface area contributed by atoms with Gasteiger partial charge < -0.3 is 14.6 Å². The van der Waals surface area contributed by atoms with Crippen molar-refractivity contribution in [1.82, 2.24) is 0 Å². The first-order valence-electron chi connectivity index (χ1n) is 10.5. The Kier molecular flexibility index (Phi) is 10.1. The summed E-state index contributed by atoms with van der Waals surface area (Å²) in [7, 11) is 1.34. The number of nitrogens with zero attached hydrogens (tertiary/aromatic N) is 1. The lowest BCUT2D eigenvalue weighted by Crippen LogP contribution is -2.29. The Morgan fingerprint density at radius 3 is 2.31 bits per heavy atom. The summed E-state index contributed by atoms with van der Waals surface area (Å²) >= 11 is 0. The number of hydrogen-bond donors (Lipinski definition) is 1. The van der Waals surface area contributed by atoms with Crippen LogP contribution in [0.15, 0.2) is 42.5 Å². The summed E-state index contributed by atoms with van der Waals surface area (Å²) in [5.41, 5.74) is 1.10. The lowest BCUT2D eigenvalue weighted by molar-refractivity contribution is -0.141. The average Bonchev–Trinajstić information content (AvgIpc) is 2.76. The molecule has 0 radical (unpaired) electrons. The summed E-state index contributed by atoms with van der Waals surface area (Å²) in [5, 5.41) is 7.79. The predicted octanol–water partition coefficient (Wildman–Crippen LogP) is 5.85. The minimum Gasteiger partial charge on any atom is -0.480 e. The second-order valence-electron chi connectivity index (χ2n) is 7.66. The lowest BCUT2D eigenvalue weighted by Gasteiger charge is -2.25. The van der Waals surface area contributed by atoms with Gasteiger partial charge in [-0.25, -0.2) is 23.3 Å². The van der Waals surface area contributed by atoms with E-state index in [-0.39, 0.29) is 6.61 Å². The number of anilines is 2. The summed E-state index contributed by atoms with van der Waals surface area (Å²) in [6.45, 7) is 1.77. The topological polar surface area (TPSA) is 76.1 Å². The van der Waals surface area contributed by atoms with Crippen molar-refractivity contribution in [3.63, 3.8) is 0 Å². The lowest BCUT2D eigenvalue weighted by atomic mass is 9.90. The third-order valence-corrected chi connectivity index (χ3v) is 5.10. The van der Waals surface area contributed by atoms with Crippen LogP contribution in [0.3, 0.4) is 0 Å². The molecule has 0 aromatic heterocycles. The van der Waals surface area contributed by atoms with E-state index in [0.717, 1.165) is 25.7 Å². The zero-order valence-corrected chi connectivity index (χ0v) is 18.4. The predicted molar refractivity (Wildman–Crippen MR) is 117 cm³/mol. The Balaban J connectivity index is 0.000000534. The van der Waals surface area contributed by atoms with Gasteiger partial charge in [0.25, 0.3) is 0 Å². The fourth-order valence-electron chi connectivity index (χ4n) is 3.43. The van der Waals surface area contributed by atoms with Crippen molar-refractivity contribution in [3.05, 3.63) is 59.7 Å². The number of ether oxygens (including phenoxy) is 2. The number of benzene rings is 2. The van der Waals surface area contributed by atoms with Crippen LogP contribution in [0.25, 0.3) is 0 Å². The van der Waals surface area contributed by atoms with E-state index >= 15 is 0 Å². The number of hydrogen-bond acceptors (Lipinski definition) is 4. The molecule has 1 N–H and O–H groups in total. The van der Waals surface area contributed by atoms with Crippen molar-refractivity contribution >= 4 is 23.4 Å². The fraction of sp³-hybridized carbons (Fsp3) is 0.417. The number of aliphatic carboxylic acids is 1. The minimum absolute atomic E-state index is 0.208. The van der Waals surface area contributed by atoms with Crippen molar-refractivity contribution in [3.8, 4) is 0 Å². The second kappa shape index (κ2) is 12.8. The van der Waals surface area contributed by atoms with E-state index in [1.165, 1.54) is 42.7 Å². The largest absolute Gasteiger partial charge is 0.480 e. The standard InChI is InChI=1S/C21H23F2NO2.C3H6O3/c1-15-10-11-19(13-20(15)23)24(18-9-5-8-17(22)12-18)21(25)26-14-16-6-3-2-4-7-16;1-6-2-3(4)5/h5,8-13,16H,2-4,6-7,14H2,1H3;2H2,1H3,(H,4,5). The zero-order chi connectivity index (χ0) is 23.5. The number of amides is 1. The Morgan fingerprint density at radius 1 is 1.06 bits per heavy atom. The number of aryl methyl sites for hydroxylation is 1. The van der Waals surface area contributed by atoms with Gasteiger partial charge in [-0.1, -0.05) is 31.4 Å². The highest BCUT2D eigenvalue weighted by molar-refractivity contribution is 5.96. The van der Waals surface area contributed by atoms with E-state index in [2.05, 4.69) is 4.74 Å². The van der Waals surface area contributed by atoms with Crippen LogP contribution >= 0.6 is 0 Å². The number of methoxy groups -OCH3 is 1. The first-order chi connectivity index (χ1) is 15.3. The van der Waals surface area contributed by atoms with Crippen LogP contribution in [0.4, 0.5) is 25.0 Å². The molecule has 0 atom stereocenters. The molecule has 0 spiro atoms. The third kappa shape index (κ3) is 7.92. The number of carboxylic acids is 1. The van der Waals surface area contributed by atoms with E-state index in [9.17, 15) is 18.4 Å². The second-order valence-corrected chi connectivity index (χ2v) is 7.66. The Morgan fingerprint density at radius 2 is 1.75 bits per heavy atom. The SMILES string of the molecule is COCC(=O)O.Cc1ccc(N(C(=O)OCC2CCCCC2)c2cccc(F)c2)cc1F. The molecule has 2 aromatic carbocycles. The molecule has 6 nitrogen and oxygen atoms in total. The van der Waals surface area contributed by atoms with Crippen LogP contribution in [0.1, 0.15) is 37.7 Å². The normalized spacial score (nSPS) is 13.6. The first kappa shape index (κ1) is 25.3. The van der Waals surface area contributed by atoms with Gasteiger partial charge in [-0.3, -0.25) is 0 Å². The Hall–Kier alpha value is -3.00. The molecule has 1 saturated carbocycles. The van der Waals surface area contributed by atoms with Crippen LogP contribution in [0, 0.1) is 24.5 Å². The highest BCUT2D eigenvalue weighted by Crippen LogP contribution is 2.29. The van der Waals surface area contributed by atoms with Crippen LogP contribution in [-0.4, -0.2) is 37.5 Å². The molecule has 1 amide bonds. The molecule has 32 heavy (non-hydrogen) atoms. The molecule has 8 heteroatoms. The van der Waals surface area contributed by atoms with E-state index in [4.69, 9.17) is 9.84 Å². The van der Waals surface area contributed by atoms with Crippen LogP contribution < -0.4 is 4.90 Å². The third-order valence-electron chi connectivity index (χ3n) is 5.10. The van der Waals surface area contributed by atoms with Gasteiger partial charge in [-0.2, -0.15) is 0 Å². The van der Waals surface area contributed by atoms with E-state index < -0.39 is 23.7 Å². The van der Waals surface area contributed by atoms with Crippen LogP contribution in [0.5, 0.6) is 0 Å². The maximum absolute atomic E-state index is 14.0. The Labute approximate surface area is 186 Å². The smallest absolute Gasteiger partial charge is 0.418 e. The molecule has 2 aromatic rings. The highest BCUT2D eigenvalue weighted by Gasteiger charge is 2.23. The average molecular weight is 449 g/mol. The van der Waals surface area contributed by atoms with Crippen molar-refractivity contribution in [2.75, 3.05) is 25.2 Å². The molecule has 0 saturated heterocycles. The maximum Gasteiger partial charge on any atom is 0.418 e. The number of carbonyl (C=O) groups is 2. The van der Waals surface area contributed by atoms with Gasteiger partial charge in [0.1, 0.15) is 18.2 Å². The molecule has 174 valence electrons. The number of rotatable bonds is 6. The summed E-state index contributed by atoms with van der Waals surface area (Å²) in [5.74, 6) is -1.47. The van der Waals surface area contributed by atoms with Crippen molar-refractivity contribution in [2.24, 2.45) is 5.92 Å². The summed E-state index contributed by atoms with van der Waals surface area (Å²) < 4.78 is 37.4. The molecule has 1 aliphatic carbocycles. The number of carboxylic acid groups (broad SMARTS) is 1. The van der Waals surface area contributed by atoms with Crippen molar-refractivity contribution in [1.29, 1.82) is 0 Å². The van der Waals surface area contributed by atoms with Gasteiger partial charge in [-0.15, -0.1) is 0 Å². The minimum atomic E-state index is -0.933. The van der Waals surface area contributed by atoms with Crippen LogP contribution in [-0.2, 0) is 14.3 Å². The van der Waals surface area contributed by atoms with Crippen molar-refractivity contribution in [2.45, 2.75) is 39.0 Å². The molecule has 0 bridgehead atoms. The van der Waals surface area contributed by atoms with E-state index in [0.29, 0.717) is 29.5 Å². The highest BCUT2D eigenvalue weighted by atomic mass is 19.1. The summed E-state index contributed by atoms with van der Waals surface area (Å²) in [6, 6.07) is 10.1. The van der Waals surface area contributed by atoms with Crippen molar-refractivity contribution < 1.29 is 33.0 Å². The van der Waals surface area contributed by atoms with Crippen LogP contribution in [0.2, 0.25) is 0 Å². The molecule has 0 aliphatic heterocycles. The van der Waals surface area contributed by atoms with E-state index in [1.54, 1.807) is 25.1 Å². The monoisotopic (exact) mass is 449 g/mol. The van der Waals surface area contributed by atoms with Gasteiger partial charge >= 0.3 is 12.1 Å². The van der Waals surface area contributed by atoms with Gasteiger partial charge in [0.05, 0.1) is 18.0 Å². The first-order valence-corrected chi connectivity index (χ1v) is 10.5. The molecule has 3 rings (SSSR count). The molecule has 1 fully saturated rings. The molecule has 0 unspecified atom stereocenters. The zero-order valence-electron chi connectivity index (χ0n) is 18.4. The van der Waals surface area contributed by atoms with Gasteiger partial charge in [-0.05, 0) is 61.6 Å². The Bertz CT molecular complexity index is 900. The van der Waals surface area contributed by atoms with E-state index in [1.807, 2.05) is 0 Å². The molecule has 1 aliphatic rings. The quantitative estimate of drug-likeness (QED) is 0.599. The number of carbonyl (C=O) groups excluding carboxylic acids is 1. The molecule has 0 heterocycles.